The average molecular weight is 280 g/mol. The third kappa shape index (κ3) is 3.62. The highest BCUT2D eigenvalue weighted by Gasteiger charge is 2.12. The molecule has 0 amide bonds. The summed E-state index contributed by atoms with van der Waals surface area (Å²) in [6.45, 7) is 1.42. The molecule has 1 N–H and O–H groups in total. The van der Waals surface area contributed by atoms with E-state index >= 15 is 0 Å². The number of nitrogens with zero attached hydrogens (tertiary/aromatic N) is 3. The molecule has 102 valence electrons. The number of hydrogen-bond acceptors (Lipinski definition) is 7. The second-order valence-corrected chi connectivity index (χ2v) is 4.50. The highest BCUT2D eigenvalue weighted by atomic mass is 32.1. The molecule has 0 atom stereocenters. The lowest BCUT2D eigenvalue weighted by atomic mass is 10.3. The summed E-state index contributed by atoms with van der Waals surface area (Å²) in [5, 5.41) is 5.36. The van der Waals surface area contributed by atoms with Crippen molar-refractivity contribution in [1.82, 2.24) is 20.3 Å². The minimum absolute atomic E-state index is 0.535. The molecule has 0 unspecified atom stereocenters. The van der Waals surface area contributed by atoms with Crippen molar-refractivity contribution in [3.8, 4) is 11.8 Å². The van der Waals surface area contributed by atoms with Crippen LogP contribution in [0.2, 0.25) is 0 Å². The fourth-order valence-corrected chi connectivity index (χ4v) is 2.27. The summed E-state index contributed by atoms with van der Waals surface area (Å²) in [4.78, 5) is 12.4. The number of hydrogen-bond donors (Lipinski definition) is 1. The zero-order valence-electron chi connectivity index (χ0n) is 10.9. The minimum Gasteiger partial charge on any atom is -0.481 e. The van der Waals surface area contributed by atoms with E-state index < -0.39 is 0 Å². The van der Waals surface area contributed by atoms with Crippen LogP contribution in [-0.4, -0.2) is 35.7 Å². The molecule has 2 heterocycles. The summed E-state index contributed by atoms with van der Waals surface area (Å²) in [5.41, 5.74) is 3.76. The molecule has 2 aromatic rings. The fraction of sp³-hybridized carbons (Fsp3) is 0.417. The van der Waals surface area contributed by atoms with E-state index in [-0.39, 0.29) is 0 Å². The van der Waals surface area contributed by atoms with Crippen LogP contribution in [0.5, 0.6) is 11.8 Å². The van der Waals surface area contributed by atoms with Crippen LogP contribution in [0.4, 0.5) is 0 Å². The van der Waals surface area contributed by atoms with E-state index in [1.54, 1.807) is 25.6 Å². The van der Waals surface area contributed by atoms with E-state index in [1.807, 2.05) is 5.51 Å². The maximum absolute atomic E-state index is 5.21. The predicted octanol–water partition coefficient (Wildman–Crippen LogP) is 1.28. The molecule has 0 saturated carbocycles. The van der Waals surface area contributed by atoms with Gasteiger partial charge in [-0.05, 0) is 0 Å². The number of nitrogens with one attached hydrogen (secondary N) is 1. The first-order valence-electron chi connectivity index (χ1n) is 5.84. The summed E-state index contributed by atoms with van der Waals surface area (Å²) in [6, 6.07) is 0. The van der Waals surface area contributed by atoms with E-state index in [1.165, 1.54) is 6.33 Å². The molecule has 0 saturated heterocycles. The lowest BCUT2D eigenvalue weighted by molar-refractivity contribution is 0.359. The zero-order chi connectivity index (χ0) is 13.5. The summed E-state index contributed by atoms with van der Waals surface area (Å²) < 4.78 is 10.4. The van der Waals surface area contributed by atoms with Gasteiger partial charge in [-0.15, -0.1) is 11.3 Å². The van der Waals surface area contributed by atoms with Crippen molar-refractivity contribution in [3.05, 3.63) is 28.5 Å². The Morgan fingerprint density at radius 3 is 2.47 bits per heavy atom. The van der Waals surface area contributed by atoms with Crippen LogP contribution in [0.3, 0.4) is 0 Å². The molecular weight excluding hydrogens is 264 g/mol. The molecular formula is C12H16N4O2S. The summed E-state index contributed by atoms with van der Waals surface area (Å²) in [7, 11) is 3.17. The fourth-order valence-electron chi connectivity index (χ4n) is 1.67. The highest BCUT2D eigenvalue weighted by Crippen LogP contribution is 2.22. The van der Waals surface area contributed by atoms with Crippen LogP contribution < -0.4 is 14.8 Å². The molecule has 0 aliphatic carbocycles. The number of methoxy groups -OCH3 is 2. The molecule has 6 nitrogen and oxygen atoms in total. The van der Waals surface area contributed by atoms with Gasteiger partial charge in [-0.25, -0.2) is 15.0 Å². The van der Waals surface area contributed by atoms with Crippen molar-refractivity contribution in [2.24, 2.45) is 0 Å². The lowest BCUT2D eigenvalue weighted by Gasteiger charge is -2.11. The maximum Gasteiger partial charge on any atom is 0.224 e. The van der Waals surface area contributed by atoms with Crippen LogP contribution in [0.15, 0.2) is 17.2 Å². The average Bonchev–Trinajstić information content (AvgIpc) is 2.96. The molecule has 0 spiro atoms. The van der Waals surface area contributed by atoms with E-state index in [9.17, 15) is 0 Å². The Morgan fingerprint density at radius 1 is 1.16 bits per heavy atom. The van der Waals surface area contributed by atoms with E-state index in [0.29, 0.717) is 18.3 Å². The summed E-state index contributed by atoms with van der Waals surface area (Å²) in [5.74, 6) is 1.07. The largest absolute Gasteiger partial charge is 0.481 e. The predicted molar refractivity (Wildman–Crippen MR) is 72.7 cm³/mol. The Morgan fingerprint density at radius 2 is 1.89 bits per heavy atom. The Kier molecular flexibility index (Phi) is 5.05. The van der Waals surface area contributed by atoms with Crippen molar-refractivity contribution in [3.63, 3.8) is 0 Å². The van der Waals surface area contributed by atoms with Crippen molar-refractivity contribution >= 4 is 11.3 Å². The van der Waals surface area contributed by atoms with Crippen LogP contribution in [-0.2, 0) is 13.0 Å². The maximum atomic E-state index is 5.21. The lowest BCUT2D eigenvalue weighted by Crippen LogP contribution is -2.18. The number of thiazole rings is 1. The van der Waals surface area contributed by atoms with Gasteiger partial charge in [0, 0.05) is 24.9 Å². The highest BCUT2D eigenvalue weighted by molar-refractivity contribution is 7.07. The van der Waals surface area contributed by atoms with Gasteiger partial charge in [0.1, 0.15) is 6.33 Å². The molecule has 2 aromatic heterocycles. The Hall–Kier alpha value is -1.73. The molecule has 0 aromatic carbocycles. The van der Waals surface area contributed by atoms with E-state index in [0.717, 1.165) is 24.2 Å². The minimum atomic E-state index is 0.535. The first-order chi connectivity index (χ1) is 9.35. The zero-order valence-corrected chi connectivity index (χ0v) is 11.7. The molecule has 0 bridgehead atoms. The summed E-state index contributed by atoms with van der Waals surface area (Å²) in [6.07, 6.45) is 2.32. The number of aromatic nitrogens is 3. The molecule has 19 heavy (non-hydrogen) atoms. The van der Waals surface area contributed by atoms with Gasteiger partial charge in [-0.1, -0.05) is 0 Å². The first kappa shape index (κ1) is 13.7. The second kappa shape index (κ2) is 7.01. The molecule has 0 radical (unpaired) electrons. The van der Waals surface area contributed by atoms with Crippen molar-refractivity contribution in [2.75, 3.05) is 20.8 Å². The van der Waals surface area contributed by atoms with E-state index in [4.69, 9.17) is 9.47 Å². The molecule has 0 fully saturated rings. The first-order valence-corrected chi connectivity index (χ1v) is 6.79. The second-order valence-electron chi connectivity index (χ2n) is 3.78. The van der Waals surface area contributed by atoms with Crippen LogP contribution in [0, 0.1) is 0 Å². The van der Waals surface area contributed by atoms with Gasteiger partial charge < -0.3 is 14.8 Å². The quantitative estimate of drug-likeness (QED) is 0.771. The Balaban J connectivity index is 1.91. The van der Waals surface area contributed by atoms with Gasteiger partial charge in [0.2, 0.25) is 11.8 Å². The van der Waals surface area contributed by atoms with Crippen LogP contribution >= 0.6 is 11.3 Å². The molecule has 2 rings (SSSR count). The molecule has 0 aliphatic rings. The number of rotatable bonds is 7. The normalized spacial score (nSPS) is 10.4. The standard InChI is InChI=1S/C12H16N4O2S/c1-17-11-10(12(18-2)15-7-14-11)5-13-4-3-9-6-19-8-16-9/h6-8,13H,3-5H2,1-2H3. The van der Waals surface area contributed by atoms with Gasteiger partial charge in [-0.3, -0.25) is 0 Å². The van der Waals surface area contributed by atoms with Gasteiger partial charge in [0.15, 0.2) is 0 Å². The monoisotopic (exact) mass is 280 g/mol. The van der Waals surface area contributed by atoms with Crippen LogP contribution in [0.1, 0.15) is 11.3 Å². The molecule has 0 aliphatic heterocycles. The van der Waals surface area contributed by atoms with Gasteiger partial charge in [0.25, 0.3) is 0 Å². The van der Waals surface area contributed by atoms with Gasteiger partial charge >= 0.3 is 0 Å². The third-order valence-electron chi connectivity index (χ3n) is 2.60. The van der Waals surface area contributed by atoms with Crippen LogP contribution in [0.25, 0.3) is 0 Å². The van der Waals surface area contributed by atoms with Crippen molar-refractivity contribution < 1.29 is 9.47 Å². The topological polar surface area (TPSA) is 69.2 Å². The van der Waals surface area contributed by atoms with Crippen molar-refractivity contribution in [2.45, 2.75) is 13.0 Å². The smallest absolute Gasteiger partial charge is 0.224 e. The third-order valence-corrected chi connectivity index (χ3v) is 3.23. The Labute approximate surface area is 115 Å². The van der Waals surface area contributed by atoms with E-state index in [2.05, 4.69) is 25.6 Å². The van der Waals surface area contributed by atoms with Crippen molar-refractivity contribution in [1.29, 1.82) is 0 Å². The van der Waals surface area contributed by atoms with Gasteiger partial charge in [0.05, 0.1) is 31.0 Å². The van der Waals surface area contributed by atoms with Gasteiger partial charge in [-0.2, -0.15) is 0 Å². The summed E-state index contributed by atoms with van der Waals surface area (Å²) >= 11 is 1.61. The Bertz CT molecular complexity index is 482. The molecule has 7 heteroatoms. The SMILES string of the molecule is COc1ncnc(OC)c1CNCCc1cscn1. The number of ether oxygens (including phenoxy) is 2.